The van der Waals surface area contributed by atoms with E-state index in [-0.39, 0.29) is 11.7 Å². The van der Waals surface area contributed by atoms with Gasteiger partial charge in [-0.1, -0.05) is 227 Å². The second kappa shape index (κ2) is 40.4. The van der Waals surface area contributed by atoms with Crippen LogP contribution >= 0.6 is 0 Å². The number of unbranched alkanes of at least 4 members (excludes halogenated alkanes) is 28. The zero-order valence-corrected chi connectivity index (χ0v) is 38.4. The van der Waals surface area contributed by atoms with Crippen LogP contribution in [-0.4, -0.2) is 43.4 Å². The monoisotopic (exact) mass is 764 g/mol. The van der Waals surface area contributed by atoms with Crippen molar-refractivity contribution in [3.8, 4) is 0 Å². The summed E-state index contributed by atoms with van der Waals surface area (Å²) in [6, 6.07) is 0. The normalized spacial score (nSPS) is 12.9. The standard InChI is InChI=1S/C50H101NO3/c1-8-11-13-15-17-19-21-23-25-27-29-31-33-35-37-40-48(41-38-36-34-32-30-28-26-24-22-20-18-16-14-12-9-2)46-51(7)49(52)53-44-39-43-50(6,10-3)54-45-42-47(4)5/h47-48H,8-46H2,1-7H3. The molecule has 4 nitrogen and oxygen atoms in total. The molecule has 324 valence electrons. The van der Waals surface area contributed by atoms with Crippen LogP contribution in [0.15, 0.2) is 0 Å². The van der Waals surface area contributed by atoms with E-state index in [0.717, 1.165) is 38.8 Å². The fourth-order valence-corrected chi connectivity index (χ4v) is 8.01. The lowest BCUT2D eigenvalue weighted by molar-refractivity contribution is -0.0481. The highest BCUT2D eigenvalue weighted by Gasteiger charge is 2.23. The van der Waals surface area contributed by atoms with Crippen molar-refractivity contribution in [2.75, 3.05) is 26.8 Å². The number of carbonyl (C=O) groups is 1. The highest BCUT2D eigenvalue weighted by molar-refractivity contribution is 5.67. The zero-order valence-electron chi connectivity index (χ0n) is 38.4. The van der Waals surface area contributed by atoms with Gasteiger partial charge in [0.15, 0.2) is 0 Å². The molecule has 4 heteroatoms. The molecular formula is C50H101NO3. The van der Waals surface area contributed by atoms with Gasteiger partial charge in [-0.2, -0.15) is 0 Å². The minimum atomic E-state index is -0.146. The van der Waals surface area contributed by atoms with E-state index >= 15 is 0 Å². The minimum absolute atomic E-state index is 0.126. The van der Waals surface area contributed by atoms with Gasteiger partial charge < -0.3 is 14.4 Å². The van der Waals surface area contributed by atoms with Crippen LogP contribution in [0.25, 0.3) is 0 Å². The summed E-state index contributed by atoms with van der Waals surface area (Å²) in [5.74, 6) is 1.24. The van der Waals surface area contributed by atoms with Gasteiger partial charge in [-0.15, -0.1) is 0 Å². The Labute approximate surface area is 341 Å². The van der Waals surface area contributed by atoms with Gasteiger partial charge in [-0.3, -0.25) is 0 Å². The molecule has 1 amide bonds. The van der Waals surface area contributed by atoms with Crippen LogP contribution in [0, 0.1) is 11.8 Å². The summed E-state index contributed by atoms with van der Waals surface area (Å²) in [5.41, 5.74) is -0.126. The molecule has 0 aromatic heterocycles. The SMILES string of the molecule is CCCCCCCCCCCCCCCCCC(CCCCCCCCCCCCCCCCC)CN(C)C(=O)OCCCC(C)(CC)OCCC(C)C. The summed E-state index contributed by atoms with van der Waals surface area (Å²) in [5, 5.41) is 0. The summed E-state index contributed by atoms with van der Waals surface area (Å²) in [7, 11) is 1.96. The van der Waals surface area contributed by atoms with Gasteiger partial charge in [-0.05, 0) is 57.3 Å². The van der Waals surface area contributed by atoms with E-state index in [4.69, 9.17) is 9.47 Å². The van der Waals surface area contributed by atoms with E-state index in [1.54, 1.807) is 0 Å². The molecule has 0 spiro atoms. The highest BCUT2D eigenvalue weighted by Crippen LogP contribution is 2.24. The summed E-state index contributed by atoms with van der Waals surface area (Å²) >= 11 is 0. The number of hydrogen-bond donors (Lipinski definition) is 0. The fourth-order valence-electron chi connectivity index (χ4n) is 8.01. The Hall–Kier alpha value is -0.770. The van der Waals surface area contributed by atoms with Crippen LogP contribution < -0.4 is 0 Å². The van der Waals surface area contributed by atoms with Gasteiger partial charge in [0.2, 0.25) is 0 Å². The molecule has 0 rings (SSSR count). The number of amides is 1. The number of nitrogens with zero attached hydrogens (tertiary/aromatic N) is 1. The second-order valence-electron chi connectivity index (χ2n) is 18.3. The Kier molecular flexibility index (Phi) is 39.9. The summed E-state index contributed by atoms with van der Waals surface area (Å²) in [4.78, 5) is 14.9. The number of carbonyl (C=O) groups excluding carboxylic acids is 1. The Balaban J connectivity index is 4.39. The van der Waals surface area contributed by atoms with Gasteiger partial charge in [0.25, 0.3) is 0 Å². The van der Waals surface area contributed by atoms with E-state index in [0.29, 0.717) is 18.4 Å². The third kappa shape index (κ3) is 36.8. The fraction of sp³-hybridized carbons (Fsp3) is 0.980. The third-order valence-corrected chi connectivity index (χ3v) is 12.2. The molecule has 1 atom stereocenters. The summed E-state index contributed by atoms with van der Waals surface area (Å²) < 4.78 is 12.0. The predicted molar refractivity (Wildman–Crippen MR) is 240 cm³/mol. The molecule has 0 bridgehead atoms. The molecule has 0 aromatic rings. The lowest BCUT2D eigenvalue weighted by Gasteiger charge is -2.29. The Morgan fingerprint density at radius 2 is 0.852 bits per heavy atom. The molecule has 0 aliphatic heterocycles. The molecule has 0 fully saturated rings. The maximum absolute atomic E-state index is 13.0. The van der Waals surface area contributed by atoms with Crippen molar-refractivity contribution in [3.63, 3.8) is 0 Å². The zero-order chi connectivity index (χ0) is 39.8. The van der Waals surface area contributed by atoms with E-state index in [2.05, 4.69) is 41.5 Å². The molecular weight excluding hydrogens is 663 g/mol. The first-order chi connectivity index (χ1) is 26.3. The highest BCUT2D eigenvalue weighted by atomic mass is 16.6. The first kappa shape index (κ1) is 53.2. The van der Waals surface area contributed by atoms with E-state index < -0.39 is 0 Å². The van der Waals surface area contributed by atoms with Crippen LogP contribution in [-0.2, 0) is 9.47 Å². The van der Waals surface area contributed by atoms with Crippen LogP contribution in [0.2, 0.25) is 0 Å². The number of hydrogen-bond acceptors (Lipinski definition) is 3. The Morgan fingerprint density at radius 1 is 0.500 bits per heavy atom. The molecule has 0 aliphatic carbocycles. The molecule has 0 saturated carbocycles. The molecule has 0 aromatic carbocycles. The largest absolute Gasteiger partial charge is 0.449 e. The molecule has 0 saturated heterocycles. The van der Waals surface area contributed by atoms with E-state index in [9.17, 15) is 4.79 Å². The van der Waals surface area contributed by atoms with Crippen LogP contribution in [0.1, 0.15) is 273 Å². The maximum atomic E-state index is 13.0. The van der Waals surface area contributed by atoms with Gasteiger partial charge >= 0.3 is 6.09 Å². The van der Waals surface area contributed by atoms with Crippen molar-refractivity contribution in [2.24, 2.45) is 11.8 Å². The van der Waals surface area contributed by atoms with Crippen LogP contribution in [0.3, 0.4) is 0 Å². The molecule has 0 N–H and O–H groups in total. The van der Waals surface area contributed by atoms with Crippen molar-refractivity contribution in [3.05, 3.63) is 0 Å². The van der Waals surface area contributed by atoms with Gasteiger partial charge in [0.05, 0.1) is 12.2 Å². The van der Waals surface area contributed by atoms with Crippen molar-refractivity contribution < 1.29 is 14.3 Å². The number of ether oxygens (including phenoxy) is 2. The van der Waals surface area contributed by atoms with E-state index in [1.165, 1.54) is 205 Å². The van der Waals surface area contributed by atoms with Gasteiger partial charge in [-0.25, -0.2) is 4.79 Å². The lowest BCUT2D eigenvalue weighted by atomic mass is 9.93. The minimum Gasteiger partial charge on any atom is -0.449 e. The molecule has 54 heavy (non-hydrogen) atoms. The first-order valence-corrected chi connectivity index (χ1v) is 24.8. The summed E-state index contributed by atoms with van der Waals surface area (Å²) in [6.45, 7) is 15.6. The predicted octanol–water partition coefficient (Wildman–Crippen LogP) is 17.2. The summed E-state index contributed by atoms with van der Waals surface area (Å²) in [6.07, 6.45) is 48.5. The average Bonchev–Trinajstić information content (AvgIpc) is 3.16. The lowest BCUT2D eigenvalue weighted by Crippen LogP contribution is -2.33. The van der Waals surface area contributed by atoms with Crippen LogP contribution in [0.4, 0.5) is 4.79 Å². The van der Waals surface area contributed by atoms with E-state index in [1.807, 2.05) is 11.9 Å². The molecule has 0 heterocycles. The third-order valence-electron chi connectivity index (χ3n) is 12.2. The Morgan fingerprint density at radius 3 is 1.19 bits per heavy atom. The second-order valence-corrected chi connectivity index (χ2v) is 18.3. The molecule has 0 aliphatic rings. The average molecular weight is 764 g/mol. The maximum Gasteiger partial charge on any atom is 0.409 e. The molecule has 0 radical (unpaired) electrons. The van der Waals surface area contributed by atoms with Crippen molar-refractivity contribution in [1.82, 2.24) is 4.90 Å². The van der Waals surface area contributed by atoms with Crippen molar-refractivity contribution in [2.45, 2.75) is 278 Å². The van der Waals surface area contributed by atoms with Crippen LogP contribution in [0.5, 0.6) is 0 Å². The van der Waals surface area contributed by atoms with Crippen molar-refractivity contribution >= 4 is 6.09 Å². The number of rotatable bonds is 43. The van der Waals surface area contributed by atoms with Gasteiger partial charge in [0, 0.05) is 20.2 Å². The van der Waals surface area contributed by atoms with Crippen molar-refractivity contribution in [1.29, 1.82) is 0 Å². The first-order valence-electron chi connectivity index (χ1n) is 24.8. The molecule has 1 unspecified atom stereocenters. The topological polar surface area (TPSA) is 38.8 Å². The van der Waals surface area contributed by atoms with Gasteiger partial charge in [0.1, 0.15) is 0 Å². The quantitative estimate of drug-likeness (QED) is 0.0581. The smallest absolute Gasteiger partial charge is 0.409 e. The Bertz CT molecular complexity index is 722.